The van der Waals surface area contributed by atoms with Gasteiger partial charge in [0.15, 0.2) is 0 Å². The van der Waals surface area contributed by atoms with Gasteiger partial charge in [-0.25, -0.2) is 0 Å². The van der Waals surface area contributed by atoms with Crippen molar-refractivity contribution in [2.24, 2.45) is 5.92 Å². The number of hydrogen-bond donors (Lipinski definition) is 2. The Morgan fingerprint density at radius 1 is 1.35 bits per heavy atom. The van der Waals surface area contributed by atoms with Crippen LogP contribution < -0.4 is 0 Å². The summed E-state index contributed by atoms with van der Waals surface area (Å²) in [5.74, 6) is 1.85. The Kier molecular flexibility index (Phi) is 4.89. The van der Waals surface area contributed by atoms with Crippen molar-refractivity contribution in [3.63, 3.8) is 0 Å². The molecule has 1 fully saturated rings. The summed E-state index contributed by atoms with van der Waals surface area (Å²) in [5, 5.41) is 9.15. The summed E-state index contributed by atoms with van der Waals surface area (Å²) in [5.41, 5.74) is 1.37. The number of hydrogen-bond acceptors (Lipinski definition) is 3. The van der Waals surface area contributed by atoms with Crippen LogP contribution in [0, 0.1) is 5.92 Å². The Morgan fingerprint density at radius 2 is 2.12 bits per heavy atom. The molecule has 2 rings (SSSR count). The van der Waals surface area contributed by atoms with Crippen LogP contribution in [0.2, 0.25) is 0 Å². The van der Waals surface area contributed by atoms with Gasteiger partial charge in [-0.3, -0.25) is 0 Å². The molecule has 1 aromatic carbocycles. The van der Waals surface area contributed by atoms with Gasteiger partial charge in [-0.15, -0.1) is 0 Å². The highest BCUT2D eigenvalue weighted by molar-refractivity contribution is 7.80. The lowest BCUT2D eigenvalue weighted by Gasteiger charge is -2.22. The second-order valence-electron chi connectivity index (χ2n) is 4.89. The van der Waals surface area contributed by atoms with Crippen molar-refractivity contribution in [3.8, 4) is 0 Å². The Bertz CT molecular complexity index is 330. The highest BCUT2D eigenvalue weighted by Crippen LogP contribution is 2.22. The number of thiol groups is 1. The molecular weight excluding hydrogens is 230 g/mol. The Balaban J connectivity index is 1.92. The minimum absolute atomic E-state index is 0.327. The van der Waals surface area contributed by atoms with Crippen LogP contribution >= 0.6 is 12.6 Å². The van der Waals surface area contributed by atoms with E-state index in [1.165, 1.54) is 5.56 Å². The molecule has 1 aromatic rings. The molecule has 0 amide bonds. The van der Waals surface area contributed by atoms with E-state index in [0.29, 0.717) is 18.4 Å². The number of rotatable bonds is 5. The normalized spacial score (nSPS) is 22.8. The fourth-order valence-corrected chi connectivity index (χ4v) is 2.86. The third kappa shape index (κ3) is 3.47. The molecule has 1 heterocycles. The molecule has 2 atom stereocenters. The van der Waals surface area contributed by atoms with Crippen molar-refractivity contribution in [1.82, 2.24) is 4.90 Å². The van der Waals surface area contributed by atoms with Gasteiger partial charge >= 0.3 is 0 Å². The first-order valence-corrected chi connectivity index (χ1v) is 6.95. The number of nitrogens with zero attached hydrogens (tertiary/aromatic N) is 1. The van der Waals surface area contributed by atoms with Crippen molar-refractivity contribution >= 4 is 12.6 Å². The first-order chi connectivity index (χ1) is 8.33. The van der Waals surface area contributed by atoms with Gasteiger partial charge in [0, 0.05) is 25.6 Å². The lowest BCUT2D eigenvalue weighted by atomic mass is 10.0. The molecule has 0 spiro atoms. The zero-order valence-electron chi connectivity index (χ0n) is 10.1. The molecule has 2 unspecified atom stereocenters. The SMILES string of the molecule is OCC1CCN(CC(CS)c2ccccc2)C1. The van der Waals surface area contributed by atoms with Gasteiger partial charge in [0.2, 0.25) is 0 Å². The van der Waals surface area contributed by atoms with Crippen LogP contribution in [0.5, 0.6) is 0 Å². The smallest absolute Gasteiger partial charge is 0.0471 e. The minimum atomic E-state index is 0.327. The molecule has 3 heteroatoms. The number of aliphatic hydroxyl groups excluding tert-OH is 1. The maximum Gasteiger partial charge on any atom is 0.0471 e. The van der Waals surface area contributed by atoms with Gasteiger partial charge in [-0.05, 0) is 30.2 Å². The maximum atomic E-state index is 9.15. The molecule has 1 N–H and O–H groups in total. The van der Waals surface area contributed by atoms with Crippen LogP contribution in [-0.4, -0.2) is 42.0 Å². The molecule has 2 nitrogen and oxygen atoms in total. The molecular formula is C14H21NOS. The van der Waals surface area contributed by atoms with Crippen LogP contribution in [-0.2, 0) is 0 Å². The average Bonchev–Trinajstić information content (AvgIpc) is 2.84. The van der Waals surface area contributed by atoms with E-state index < -0.39 is 0 Å². The van der Waals surface area contributed by atoms with Crippen LogP contribution in [0.1, 0.15) is 17.9 Å². The van der Waals surface area contributed by atoms with E-state index in [2.05, 4.69) is 47.9 Å². The Labute approximate surface area is 109 Å². The van der Waals surface area contributed by atoms with Gasteiger partial charge in [0.1, 0.15) is 0 Å². The van der Waals surface area contributed by atoms with Crippen molar-refractivity contribution in [1.29, 1.82) is 0 Å². The summed E-state index contributed by atoms with van der Waals surface area (Å²) in [7, 11) is 0. The van der Waals surface area contributed by atoms with Crippen LogP contribution in [0.4, 0.5) is 0 Å². The summed E-state index contributed by atoms with van der Waals surface area (Å²) in [6.45, 7) is 3.54. The van der Waals surface area contributed by atoms with E-state index in [0.717, 1.165) is 31.8 Å². The van der Waals surface area contributed by atoms with Gasteiger partial charge in [-0.2, -0.15) is 12.6 Å². The fourth-order valence-electron chi connectivity index (χ4n) is 2.53. The molecule has 0 radical (unpaired) electrons. The van der Waals surface area contributed by atoms with Crippen LogP contribution in [0.15, 0.2) is 30.3 Å². The highest BCUT2D eigenvalue weighted by Gasteiger charge is 2.24. The highest BCUT2D eigenvalue weighted by atomic mass is 32.1. The van der Waals surface area contributed by atoms with E-state index in [9.17, 15) is 0 Å². The maximum absolute atomic E-state index is 9.15. The molecule has 0 aliphatic carbocycles. The van der Waals surface area contributed by atoms with Gasteiger partial charge in [-0.1, -0.05) is 30.3 Å². The lowest BCUT2D eigenvalue weighted by molar-refractivity contribution is 0.220. The van der Waals surface area contributed by atoms with E-state index in [1.807, 2.05) is 0 Å². The standard InChI is InChI=1S/C14H21NOS/c16-10-12-6-7-15(8-12)9-14(11-17)13-4-2-1-3-5-13/h1-5,12,14,16-17H,6-11H2. The molecule has 17 heavy (non-hydrogen) atoms. The Morgan fingerprint density at radius 3 is 2.71 bits per heavy atom. The van der Waals surface area contributed by atoms with Gasteiger partial charge < -0.3 is 10.0 Å². The largest absolute Gasteiger partial charge is 0.396 e. The third-order valence-corrected chi connectivity index (χ3v) is 4.04. The predicted octanol–water partition coefficient (Wildman–Crippen LogP) is 2.01. The summed E-state index contributed by atoms with van der Waals surface area (Å²) in [4.78, 5) is 2.45. The summed E-state index contributed by atoms with van der Waals surface area (Å²) in [6, 6.07) is 10.6. The molecule has 0 aromatic heterocycles. The predicted molar refractivity (Wildman–Crippen MR) is 74.7 cm³/mol. The monoisotopic (exact) mass is 251 g/mol. The van der Waals surface area contributed by atoms with Crippen LogP contribution in [0.3, 0.4) is 0 Å². The molecule has 94 valence electrons. The van der Waals surface area contributed by atoms with E-state index in [1.54, 1.807) is 0 Å². The second-order valence-corrected chi connectivity index (χ2v) is 5.25. The van der Waals surface area contributed by atoms with Gasteiger partial charge in [0.05, 0.1) is 0 Å². The second kappa shape index (κ2) is 6.43. The van der Waals surface area contributed by atoms with Gasteiger partial charge in [0.25, 0.3) is 0 Å². The van der Waals surface area contributed by atoms with Crippen molar-refractivity contribution in [2.75, 3.05) is 32.0 Å². The zero-order chi connectivity index (χ0) is 12.1. The Hall–Kier alpha value is -0.510. The van der Waals surface area contributed by atoms with E-state index in [4.69, 9.17) is 5.11 Å². The molecule has 1 aliphatic rings. The van der Waals surface area contributed by atoms with E-state index >= 15 is 0 Å². The summed E-state index contributed by atoms with van der Waals surface area (Å²) < 4.78 is 0. The lowest BCUT2D eigenvalue weighted by Crippen LogP contribution is -2.27. The third-order valence-electron chi connectivity index (χ3n) is 3.60. The minimum Gasteiger partial charge on any atom is -0.396 e. The average molecular weight is 251 g/mol. The number of aliphatic hydroxyl groups is 1. The zero-order valence-corrected chi connectivity index (χ0v) is 11.0. The molecule has 0 bridgehead atoms. The first-order valence-electron chi connectivity index (χ1n) is 6.32. The number of benzene rings is 1. The van der Waals surface area contributed by atoms with E-state index in [-0.39, 0.29) is 0 Å². The van der Waals surface area contributed by atoms with Crippen molar-refractivity contribution < 1.29 is 5.11 Å². The van der Waals surface area contributed by atoms with Crippen LogP contribution in [0.25, 0.3) is 0 Å². The molecule has 1 aliphatic heterocycles. The molecule has 1 saturated heterocycles. The number of likely N-dealkylation sites (tertiary alicyclic amines) is 1. The summed E-state index contributed by atoms with van der Waals surface area (Å²) in [6.07, 6.45) is 1.13. The fraction of sp³-hybridized carbons (Fsp3) is 0.571. The topological polar surface area (TPSA) is 23.5 Å². The van der Waals surface area contributed by atoms with Crippen molar-refractivity contribution in [3.05, 3.63) is 35.9 Å². The quantitative estimate of drug-likeness (QED) is 0.782. The molecule has 0 saturated carbocycles. The van der Waals surface area contributed by atoms with Crippen molar-refractivity contribution in [2.45, 2.75) is 12.3 Å². The summed E-state index contributed by atoms with van der Waals surface area (Å²) >= 11 is 4.47. The first kappa shape index (κ1) is 12.9.